The highest BCUT2D eigenvalue weighted by Gasteiger charge is 2.17. The minimum absolute atomic E-state index is 0.248. The predicted octanol–water partition coefficient (Wildman–Crippen LogP) is 2.82. The second-order valence-corrected chi connectivity index (χ2v) is 6.46. The maximum atomic E-state index is 12.3. The van der Waals surface area contributed by atoms with E-state index in [0.717, 1.165) is 34.9 Å². The van der Waals surface area contributed by atoms with Gasteiger partial charge in [0.15, 0.2) is 0 Å². The molecule has 1 aromatic carbocycles. The first-order valence-corrected chi connectivity index (χ1v) is 8.97. The van der Waals surface area contributed by atoms with Gasteiger partial charge in [-0.3, -0.25) is 14.7 Å². The van der Waals surface area contributed by atoms with E-state index in [2.05, 4.69) is 25.8 Å². The first-order valence-electron chi connectivity index (χ1n) is 8.97. The summed E-state index contributed by atoms with van der Waals surface area (Å²) in [6, 6.07) is 9.68. The van der Waals surface area contributed by atoms with Gasteiger partial charge in [0, 0.05) is 25.7 Å². The van der Waals surface area contributed by atoms with Crippen molar-refractivity contribution in [2.45, 2.75) is 33.7 Å². The quantitative estimate of drug-likeness (QED) is 0.656. The van der Waals surface area contributed by atoms with E-state index in [0.29, 0.717) is 18.9 Å². The molecule has 0 aliphatic heterocycles. The highest BCUT2D eigenvalue weighted by Crippen LogP contribution is 2.30. The van der Waals surface area contributed by atoms with E-state index in [4.69, 9.17) is 0 Å². The van der Waals surface area contributed by atoms with Gasteiger partial charge in [-0.1, -0.05) is 30.3 Å². The number of carbonyl (C=O) groups is 1. The van der Waals surface area contributed by atoms with E-state index in [1.165, 1.54) is 0 Å². The Morgan fingerprint density at radius 2 is 1.85 bits per heavy atom. The van der Waals surface area contributed by atoms with Crippen molar-refractivity contribution < 1.29 is 4.79 Å². The lowest BCUT2D eigenvalue weighted by Crippen LogP contribution is -2.31. The largest absolute Gasteiger partial charge is 0.338 e. The molecule has 0 unspecified atom stereocenters. The van der Waals surface area contributed by atoms with Crippen molar-refractivity contribution in [2.75, 3.05) is 11.9 Å². The van der Waals surface area contributed by atoms with Crippen LogP contribution in [0.15, 0.2) is 30.3 Å². The monoisotopic (exact) mass is 367 g/mol. The SMILES string of the molecule is Cc1nc(C)n(CCCNC(=O)Nc2c(-c3ccccc3)c(C)nn2C)n1. The third kappa shape index (κ3) is 4.33. The summed E-state index contributed by atoms with van der Waals surface area (Å²) in [5, 5.41) is 14.6. The molecular weight excluding hydrogens is 342 g/mol. The lowest BCUT2D eigenvalue weighted by molar-refractivity contribution is 0.251. The van der Waals surface area contributed by atoms with Gasteiger partial charge in [0.25, 0.3) is 0 Å². The second kappa shape index (κ2) is 8.03. The van der Waals surface area contributed by atoms with Crippen LogP contribution >= 0.6 is 0 Å². The van der Waals surface area contributed by atoms with Gasteiger partial charge in [0.05, 0.1) is 5.69 Å². The Morgan fingerprint density at radius 1 is 1.11 bits per heavy atom. The van der Waals surface area contributed by atoms with Crippen molar-refractivity contribution >= 4 is 11.8 Å². The Balaban J connectivity index is 1.59. The van der Waals surface area contributed by atoms with Crippen molar-refractivity contribution in [3.63, 3.8) is 0 Å². The van der Waals surface area contributed by atoms with Crippen LogP contribution in [-0.2, 0) is 13.6 Å². The maximum absolute atomic E-state index is 12.3. The number of hydrogen-bond donors (Lipinski definition) is 2. The number of rotatable bonds is 6. The maximum Gasteiger partial charge on any atom is 0.320 e. The van der Waals surface area contributed by atoms with Gasteiger partial charge in [-0.2, -0.15) is 10.2 Å². The van der Waals surface area contributed by atoms with Crippen LogP contribution in [0.2, 0.25) is 0 Å². The molecule has 0 saturated heterocycles. The number of carbonyl (C=O) groups excluding carboxylic acids is 1. The average Bonchev–Trinajstić information content (AvgIpc) is 3.10. The Kier molecular flexibility index (Phi) is 5.54. The first-order chi connectivity index (χ1) is 13.0. The molecule has 3 aromatic rings. The van der Waals surface area contributed by atoms with E-state index >= 15 is 0 Å². The van der Waals surface area contributed by atoms with Gasteiger partial charge in [-0.15, -0.1) is 0 Å². The molecule has 0 atom stereocenters. The standard InChI is InChI=1S/C19H25N7O/c1-13-17(16-9-6-5-7-10-16)18(25(4)23-13)22-19(27)20-11-8-12-26-15(3)21-14(2)24-26/h5-7,9-10H,8,11-12H2,1-4H3,(H2,20,22,27). The highest BCUT2D eigenvalue weighted by molar-refractivity contribution is 5.93. The van der Waals surface area contributed by atoms with Crippen molar-refractivity contribution in [1.29, 1.82) is 0 Å². The number of aromatic nitrogens is 5. The number of urea groups is 1. The second-order valence-electron chi connectivity index (χ2n) is 6.46. The molecule has 2 N–H and O–H groups in total. The molecule has 0 bridgehead atoms. The van der Waals surface area contributed by atoms with Gasteiger partial charge in [-0.25, -0.2) is 9.78 Å². The van der Waals surface area contributed by atoms with Gasteiger partial charge in [0.1, 0.15) is 17.5 Å². The van der Waals surface area contributed by atoms with Crippen LogP contribution in [-0.4, -0.2) is 37.1 Å². The summed E-state index contributed by atoms with van der Waals surface area (Å²) < 4.78 is 3.55. The fourth-order valence-electron chi connectivity index (χ4n) is 3.11. The molecule has 0 aliphatic rings. The highest BCUT2D eigenvalue weighted by atomic mass is 16.2. The molecule has 2 aromatic heterocycles. The molecule has 8 heteroatoms. The minimum atomic E-state index is -0.248. The third-order valence-corrected chi connectivity index (χ3v) is 4.31. The normalized spacial score (nSPS) is 10.8. The zero-order chi connectivity index (χ0) is 19.4. The summed E-state index contributed by atoms with van der Waals surface area (Å²) in [7, 11) is 1.82. The molecule has 0 fully saturated rings. The zero-order valence-electron chi connectivity index (χ0n) is 16.2. The number of aryl methyl sites for hydroxylation is 5. The summed E-state index contributed by atoms with van der Waals surface area (Å²) >= 11 is 0. The molecule has 0 saturated carbocycles. The molecule has 3 rings (SSSR count). The predicted molar refractivity (Wildman–Crippen MR) is 105 cm³/mol. The summed E-state index contributed by atoms with van der Waals surface area (Å²) in [4.78, 5) is 16.6. The molecule has 2 heterocycles. The van der Waals surface area contributed by atoms with E-state index in [1.54, 1.807) is 4.68 Å². The first kappa shape index (κ1) is 18.6. The summed E-state index contributed by atoms with van der Waals surface area (Å²) in [5.74, 6) is 2.33. The van der Waals surface area contributed by atoms with Crippen molar-refractivity contribution in [2.24, 2.45) is 7.05 Å². The van der Waals surface area contributed by atoms with Crippen molar-refractivity contribution in [3.8, 4) is 11.1 Å². The average molecular weight is 367 g/mol. The third-order valence-electron chi connectivity index (χ3n) is 4.31. The van der Waals surface area contributed by atoms with Gasteiger partial charge in [-0.05, 0) is 32.8 Å². The molecule has 8 nitrogen and oxygen atoms in total. The van der Waals surface area contributed by atoms with Crippen LogP contribution < -0.4 is 10.6 Å². The minimum Gasteiger partial charge on any atom is -0.338 e. The molecule has 27 heavy (non-hydrogen) atoms. The van der Waals surface area contributed by atoms with Crippen LogP contribution in [0.4, 0.5) is 10.6 Å². The smallest absolute Gasteiger partial charge is 0.320 e. The Bertz CT molecular complexity index is 927. The molecule has 0 spiro atoms. The van der Waals surface area contributed by atoms with E-state index in [9.17, 15) is 4.79 Å². The van der Waals surface area contributed by atoms with Crippen LogP contribution in [0.5, 0.6) is 0 Å². The fourth-order valence-corrected chi connectivity index (χ4v) is 3.11. The van der Waals surface area contributed by atoms with E-state index < -0.39 is 0 Å². The number of benzene rings is 1. The number of nitrogens with zero attached hydrogens (tertiary/aromatic N) is 5. The van der Waals surface area contributed by atoms with Crippen molar-refractivity contribution in [3.05, 3.63) is 47.7 Å². The topological polar surface area (TPSA) is 89.7 Å². The molecule has 142 valence electrons. The Hall–Kier alpha value is -3.16. The van der Waals surface area contributed by atoms with Gasteiger partial charge in [0.2, 0.25) is 0 Å². The van der Waals surface area contributed by atoms with Crippen LogP contribution in [0.25, 0.3) is 11.1 Å². The number of amides is 2. The summed E-state index contributed by atoms with van der Waals surface area (Å²) in [6.45, 7) is 6.99. The molecule has 0 aliphatic carbocycles. The van der Waals surface area contributed by atoms with Gasteiger partial charge < -0.3 is 5.32 Å². The molecule has 0 radical (unpaired) electrons. The summed E-state index contributed by atoms with van der Waals surface area (Å²) in [6.07, 6.45) is 0.771. The Labute approximate surface area is 158 Å². The number of anilines is 1. The molecular formula is C19H25N7O. The van der Waals surface area contributed by atoms with Crippen LogP contribution in [0.3, 0.4) is 0 Å². The number of nitrogens with one attached hydrogen (secondary N) is 2. The lowest BCUT2D eigenvalue weighted by Gasteiger charge is -2.10. The van der Waals surface area contributed by atoms with Crippen molar-refractivity contribution in [1.82, 2.24) is 29.9 Å². The zero-order valence-corrected chi connectivity index (χ0v) is 16.2. The fraction of sp³-hybridized carbons (Fsp3) is 0.368. The Morgan fingerprint density at radius 3 is 2.52 bits per heavy atom. The number of hydrogen-bond acceptors (Lipinski definition) is 4. The molecule has 2 amide bonds. The summed E-state index contributed by atoms with van der Waals surface area (Å²) in [5.41, 5.74) is 2.83. The van der Waals surface area contributed by atoms with E-state index in [1.807, 2.05) is 62.8 Å². The lowest BCUT2D eigenvalue weighted by atomic mass is 10.1. The van der Waals surface area contributed by atoms with Gasteiger partial charge >= 0.3 is 6.03 Å². The van der Waals surface area contributed by atoms with Crippen LogP contribution in [0, 0.1) is 20.8 Å². The van der Waals surface area contributed by atoms with E-state index in [-0.39, 0.29) is 6.03 Å². The van der Waals surface area contributed by atoms with Crippen LogP contribution in [0.1, 0.15) is 23.8 Å².